The summed E-state index contributed by atoms with van der Waals surface area (Å²) in [4.78, 5) is 12.1. The van der Waals surface area contributed by atoms with E-state index >= 15 is 0 Å². The molecule has 1 aliphatic heterocycles. The van der Waals surface area contributed by atoms with Crippen molar-refractivity contribution in [1.82, 2.24) is 9.88 Å². The quantitative estimate of drug-likeness (QED) is 0.778. The van der Waals surface area contributed by atoms with Gasteiger partial charge in [-0.1, -0.05) is 0 Å². The molecule has 0 aromatic carbocycles. The Morgan fingerprint density at radius 3 is 3.06 bits per heavy atom. The summed E-state index contributed by atoms with van der Waals surface area (Å²) in [5.74, 6) is -0.0358. The highest BCUT2D eigenvalue weighted by Crippen LogP contribution is 2.27. The minimum Gasteiger partial charge on any atom is -0.379 e. The lowest BCUT2D eigenvalue weighted by molar-refractivity contribution is -0.130. The van der Waals surface area contributed by atoms with Crippen LogP contribution in [0, 0.1) is 5.41 Å². The van der Waals surface area contributed by atoms with Gasteiger partial charge in [-0.3, -0.25) is 4.79 Å². The molecule has 2 atom stereocenters. The number of aromatic nitrogens is 1. The number of nitrogens with zero attached hydrogens (tertiary/aromatic N) is 1. The smallest absolute Gasteiger partial charge is 0.230 e. The van der Waals surface area contributed by atoms with Crippen molar-refractivity contribution in [1.29, 1.82) is 0 Å². The maximum atomic E-state index is 12.1. The third-order valence-electron chi connectivity index (χ3n) is 3.38. The topological polar surface area (TPSA) is 69.3 Å². The fourth-order valence-electron chi connectivity index (χ4n) is 1.97. The molecule has 0 radical (unpaired) electrons. The second-order valence-electron chi connectivity index (χ2n) is 4.91. The van der Waals surface area contributed by atoms with E-state index in [4.69, 9.17) is 10.5 Å². The molecule has 1 aliphatic rings. The first-order valence-electron chi connectivity index (χ1n) is 5.75. The van der Waals surface area contributed by atoms with Gasteiger partial charge in [0.2, 0.25) is 5.91 Å². The molecule has 5 heteroatoms. The zero-order valence-electron chi connectivity index (χ0n) is 10.3. The summed E-state index contributed by atoms with van der Waals surface area (Å²) in [7, 11) is 1.95. The molecule has 2 unspecified atom stereocenters. The van der Waals surface area contributed by atoms with Crippen LogP contribution in [0.5, 0.6) is 0 Å². The van der Waals surface area contributed by atoms with E-state index in [1.165, 1.54) is 0 Å². The van der Waals surface area contributed by atoms with Gasteiger partial charge in [-0.15, -0.1) is 0 Å². The van der Waals surface area contributed by atoms with Crippen LogP contribution in [0.25, 0.3) is 0 Å². The fraction of sp³-hybridized carbons (Fsp3) is 0.583. The van der Waals surface area contributed by atoms with Gasteiger partial charge in [0.1, 0.15) is 0 Å². The van der Waals surface area contributed by atoms with Crippen LogP contribution in [0.3, 0.4) is 0 Å². The fourth-order valence-corrected chi connectivity index (χ4v) is 1.97. The van der Waals surface area contributed by atoms with Crippen molar-refractivity contribution in [3.63, 3.8) is 0 Å². The van der Waals surface area contributed by atoms with Crippen LogP contribution in [0.2, 0.25) is 0 Å². The van der Waals surface area contributed by atoms with Gasteiger partial charge in [0, 0.05) is 32.0 Å². The van der Waals surface area contributed by atoms with Gasteiger partial charge >= 0.3 is 0 Å². The number of amides is 1. The van der Waals surface area contributed by atoms with Gasteiger partial charge in [0.05, 0.1) is 18.6 Å². The van der Waals surface area contributed by atoms with E-state index in [9.17, 15) is 4.79 Å². The van der Waals surface area contributed by atoms with Crippen molar-refractivity contribution >= 4 is 5.91 Å². The first-order valence-corrected chi connectivity index (χ1v) is 5.75. The van der Waals surface area contributed by atoms with Crippen LogP contribution in [-0.4, -0.2) is 29.7 Å². The lowest BCUT2D eigenvalue weighted by Gasteiger charge is -2.25. The number of ether oxygens (including phenoxy) is 1. The first-order chi connectivity index (χ1) is 8.02. The molecule has 17 heavy (non-hydrogen) atoms. The highest BCUT2D eigenvalue weighted by atomic mass is 16.5. The molecule has 2 rings (SSSR count). The van der Waals surface area contributed by atoms with E-state index < -0.39 is 5.41 Å². The van der Waals surface area contributed by atoms with E-state index in [-0.39, 0.29) is 11.9 Å². The maximum absolute atomic E-state index is 12.1. The SMILES string of the molecule is Cn1ccc(CNC(=O)C2(C)COCC2N)c1. The highest BCUT2D eigenvalue weighted by molar-refractivity contribution is 5.83. The van der Waals surface area contributed by atoms with Crippen LogP contribution in [0.1, 0.15) is 12.5 Å². The number of nitrogens with two attached hydrogens (primary N) is 1. The van der Waals surface area contributed by atoms with Gasteiger partial charge in [0.25, 0.3) is 0 Å². The third kappa shape index (κ3) is 2.35. The maximum Gasteiger partial charge on any atom is 0.230 e. The Labute approximate surface area is 101 Å². The highest BCUT2D eigenvalue weighted by Gasteiger charge is 2.44. The Bertz CT molecular complexity index is 416. The molecule has 1 aromatic heterocycles. The van der Waals surface area contributed by atoms with Gasteiger partial charge < -0.3 is 20.4 Å². The van der Waals surface area contributed by atoms with E-state index in [0.29, 0.717) is 19.8 Å². The normalized spacial score (nSPS) is 28.3. The first kappa shape index (κ1) is 12.1. The van der Waals surface area contributed by atoms with Crippen molar-refractivity contribution in [2.24, 2.45) is 18.2 Å². The van der Waals surface area contributed by atoms with Crippen molar-refractivity contribution in [2.45, 2.75) is 19.5 Å². The molecule has 1 aromatic rings. The second-order valence-corrected chi connectivity index (χ2v) is 4.91. The Morgan fingerprint density at radius 1 is 1.76 bits per heavy atom. The summed E-state index contributed by atoms with van der Waals surface area (Å²) in [5.41, 5.74) is 6.38. The minimum absolute atomic E-state index is 0.0358. The van der Waals surface area contributed by atoms with Gasteiger partial charge in [-0.05, 0) is 18.6 Å². The summed E-state index contributed by atoms with van der Waals surface area (Å²) >= 11 is 0. The van der Waals surface area contributed by atoms with Gasteiger partial charge in [0.15, 0.2) is 0 Å². The van der Waals surface area contributed by atoms with Gasteiger partial charge in [-0.25, -0.2) is 0 Å². The summed E-state index contributed by atoms with van der Waals surface area (Å²) in [6.45, 7) is 3.23. The number of carbonyl (C=O) groups is 1. The summed E-state index contributed by atoms with van der Waals surface area (Å²) in [6.07, 6.45) is 3.93. The molecule has 5 nitrogen and oxygen atoms in total. The number of hydrogen-bond acceptors (Lipinski definition) is 3. The van der Waals surface area contributed by atoms with E-state index in [2.05, 4.69) is 5.32 Å². The molecule has 0 saturated carbocycles. The third-order valence-corrected chi connectivity index (χ3v) is 3.38. The van der Waals surface area contributed by atoms with E-state index in [0.717, 1.165) is 5.56 Å². The monoisotopic (exact) mass is 237 g/mol. The average Bonchev–Trinajstić information content (AvgIpc) is 2.84. The number of hydrogen-bond donors (Lipinski definition) is 2. The molecule has 0 bridgehead atoms. The predicted molar refractivity (Wildman–Crippen MR) is 64.2 cm³/mol. The lowest BCUT2D eigenvalue weighted by Crippen LogP contribution is -2.49. The van der Waals surface area contributed by atoms with Crippen LogP contribution in [-0.2, 0) is 23.1 Å². The second kappa shape index (κ2) is 4.50. The molecule has 2 heterocycles. The summed E-state index contributed by atoms with van der Waals surface area (Å²) < 4.78 is 7.21. The van der Waals surface area contributed by atoms with Gasteiger partial charge in [-0.2, -0.15) is 0 Å². The van der Waals surface area contributed by atoms with Crippen LogP contribution < -0.4 is 11.1 Å². The number of carbonyl (C=O) groups excluding carboxylic acids is 1. The van der Waals surface area contributed by atoms with E-state index in [1.54, 1.807) is 0 Å². The van der Waals surface area contributed by atoms with Crippen molar-refractivity contribution < 1.29 is 9.53 Å². The molecule has 94 valence electrons. The van der Waals surface area contributed by atoms with Crippen LogP contribution in [0.4, 0.5) is 0 Å². The molecular formula is C12H19N3O2. The Hall–Kier alpha value is -1.33. The zero-order chi connectivity index (χ0) is 12.5. The molecule has 1 saturated heterocycles. The predicted octanol–water partition coefficient (Wildman–Crippen LogP) is 0.00510. The molecule has 1 amide bonds. The number of nitrogens with one attached hydrogen (secondary N) is 1. The van der Waals surface area contributed by atoms with Crippen LogP contribution >= 0.6 is 0 Å². The Morgan fingerprint density at radius 2 is 2.53 bits per heavy atom. The molecule has 1 fully saturated rings. The Kier molecular flexibility index (Phi) is 3.22. The molecular weight excluding hydrogens is 218 g/mol. The lowest BCUT2D eigenvalue weighted by atomic mass is 9.85. The van der Waals surface area contributed by atoms with E-state index in [1.807, 2.05) is 37.0 Å². The minimum atomic E-state index is -0.602. The Balaban J connectivity index is 1.93. The average molecular weight is 237 g/mol. The number of aryl methyl sites for hydroxylation is 1. The summed E-state index contributed by atoms with van der Waals surface area (Å²) in [5, 5.41) is 2.91. The zero-order valence-corrected chi connectivity index (χ0v) is 10.3. The molecule has 0 aliphatic carbocycles. The molecule has 3 N–H and O–H groups in total. The largest absolute Gasteiger partial charge is 0.379 e. The summed E-state index contributed by atoms with van der Waals surface area (Å²) in [6, 6.07) is 1.76. The van der Waals surface area contributed by atoms with Crippen molar-refractivity contribution in [3.8, 4) is 0 Å². The van der Waals surface area contributed by atoms with Crippen LogP contribution in [0.15, 0.2) is 18.5 Å². The van der Waals surface area contributed by atoms with Crippen molar-refractivity contribution in [2.75, 3.05) is 13.2 Å². The van der Waals surface area contributed by atoms with Crippen molar-refractivity contribution in [3.05, 3.63) is 24.0 Å². The number of rotatable bonds is 3. The standard InChI is InChI=1S/C12H19N3O2/c1-12(8-17-7-10(12)13)11(16)14-5-9-3-4-15(2)6-9/h3-4,6,10H,5,7-8,13H2,1-2H3,(H,14,16). The molecule has 0 spiro atoms.